The number of nitrogens with one attached hydrogen (secondary N) is 4. The quantitative estimate of drug-likeness (QED) is 0.412. The molecule has 0 atom stereocenters. The highest BCUT2D eigenvalue weighted by molar-refractivity contribution is 5.98. The maximum atomic E-state index is 12.3. The fourth-order valence-electron chi connectivity index (χ4n) is 2.92. The Hall–Kier alpha value is -4.07. The number of amides is 3. The Balaban J connectivity index is 1.52. The van der Waals surface area contributed by atoms with Gasteiger partial charge >= 0.3 is 0 Å². The van der Waals surface area contributed by atoms with E-state index in [4.69, 9.17) is 4.42 Å². The van der Waals surface area contributed by atoms with Crippen molar-refractivity contribution in [3.05, 3.63) is 83.8 Å². The van der Waals surface area contributed by atoms with Crippen LogP contribution >= 0.6 is 0 Å². The number of furan rings is 1. The summed E-state index contributed by atoms with van der Waals surface area (Å²) in [5, 5.41) is 11.4. The van der Waals surface area contributed by atoms with Crippen molar-refractivity contribution in [1.29, 1.82) is 0 Å². The van der Waals surface area contributed by atoms with Gasteiger partial charge < -0.3 is 25.7 Å². The number of hydrogen-bond donors (Lipinski definition) is 4. The Morgan fingerprint density at radius 2 is 1.56 bits per heavy atom. The topological polar surface area (TPSA) is 112 Å². The van der Waals surface area contributed by atoms with Gasteiger partial charge in [0.25, 0.3) is 11.8 Å². The van der Waals surface area contributed by atoms with Crippen LogP contribution in [0.1, 0.15) is 40.3 Å². The fraction of sp³-hybridized carbons (Fsp3) is 0.208. The van der Waals surface area contributed by atoms with Crippen molar-refractivity contribution < 1.29 is 18.8 Å². The van der Waals surface area contributed by atoms with Gasteiger partial charge in [-0.2, -0.15) is 0 Å². The van der Waals surface area contributed by atoms with Crippen LogP contribution < -0.4 is 21.3 Å². The van der Waals surface area contributed by atoms with Crippen molar-refractivity contribution in [3.8, 4) is 0 Å². The molecule has 0 radical (unpaired) electrons. The second-order valence-electron chi connectivity index (χ2n) is 7.45. The van der Waals surface area contributed by atoms with E-state index in [1.165, 1.54) is 0 Å². The summed E-state index contributed by atoms with van der Waals surface area (Å²) in [6, 6.07) is 17.2. The molecule has 3 amide bonds. The van der Waals surface area contributed by atoms with Gasteiger partial charge in [0.15, 0.2) is 0 Å². The molecule has 1 heterocycles. The predicted molar refractivity (Wildman–Crippen MR) is 122 cm³/mol. The second kappa shape index (κ2) is 10.8. The van der Waals surface area contributed by atoms with Gasteiger partial charge in [0.2, 0.25) is 5.91 Å². The van der Waals surface area contributed by atoms with Crippen LogP contribution in [0, 0.1) is 0 Å². The SMILES string of the molecule is CC(C)NC(=O)c1cccc(NCC(=O)Nc2cccc(C(=O)NCc3ccco3)c2)c1. The van der Waals surface area contributed by atoms with Gasteiger partial charge in [0.05, 0.1) is 19.4 Å². The van der Waals surface area contributed by atoms with Gasteiger partial charge in [0, 0.05) is 28.5 Å². The second-order valence-corrected chi connectivity index (χ2v) is 7.45. The van der Waals surface area contributed by atoms with E-state index in [9.17, 15) is 14.4 Å². The van der Waals surface area contributed by atoms with E-state index in [0.29, 0.717) is 28.3 Å². The molecule has 0 fully saturated rings. The summed E-state index contributed by atoms with van der Waals surface area (Å²) in [5.41, 5.74) is 2.10. The number of benzene rings is 2. The molecule has 8 heteroatoms. The summed E-state index contributed by atoms with van der Waals surface area (Å²) in [6.45, 7) is 4.06. The summed E-state index contributed by atoms with van der Waals surface area (Å²) < 4.78 is 5.20. The molecular formula is C24H26N4O4. The minimum atomic E-state index is -0.282. The Labute approximate surface area is 186 Å². The number of carbonyl (C=O) groups is 3. The van der Waals surface area contributed by atoms with E-state index in [1.807, 2.05) is 13.8 Å². The van der Waals surface area contributed by atoms with Crippen LogP contribution in [-0.4, -0.2) is 30.3 Å². The first-order chi connectivity index (χ1) is 15.4. The van der Waals surface area contributed by atoms with E-state index >= 15 is 0 Å². The van der Waals surface area contributed by atoms with Crippen molar-refractivity contribution in [1.82, 2.24) is 10.6 Å². The lowest BCUT2D eigenvalue weighted by atomic mass is 10.1. The van der Waals surface area contributed by atoms with Crippen molar-refractivity contribution in [2.24, 2.45) is 0 Å². The minimum Gasteiger partial charge on any atom is -0.467 e. The third-order valence-electron chi connectivity index (χ3n) is 4.41. The summed E-state index contributed by atoms with van der Waals surface area (Å²) in [6.07, 6.45) is 1.54. The average Bonchev–Trinajstić information content (AvgIpc) is 3.30. The zero-order valence-corrected chi connectivity index (χ0v) is 18.0. The standard InChI is InChI=1S/C24H26N4O4/c1-16(2)27-24(31)18-7-3-8-19(12-18)25-15-22(29)28-20-9-4-6-17(13-20)23(30)26-14-21-10-5-11-32-21/h3-13,16,25H,14-15H2,1-2H3,(H,26,30)(H,27,31)(H,28,29). The van der Waals surface area contributed by atoms with Crippen LogP contribution in [0.15, 0.2) is 71.3 Å². The van der Waals surface area contributed by atoms with Crippen LogP contribution in [0.2, 0.25) is 0 Å². The first-order valence-corrected chi connectivity index (χ1v) is 10.3. The Morgan fingerprint density at radius 3 is 2.25 bits per heavy atom. The maximum absolute atomic E-state index is 12.3. The highest BCUT2D eigenvalue weighted by Gasteiger charge is 2.10. The molecule has 0 saturated heterocycles. The molecule has 0 aliphatic rings. The van der Waals surface area contributed by atoms with Crippen molar-refractivity contribution in [2.75, 3.05) is 17.2 Å². The molecule has 0 spiro atoms. The van der Waals surface area contributed by atoms with Crippen LogP contribution in [0.4, 0.5) is 11.4 Å². The highest BCUT2D eigenvalue weighted by Crippen LogP contribution is 2.13. The van der Waals surface area contributed by atoms with Gasteiger partial charge in [0.1, 0.15) is 5.76 Å². The van der Waals surface area contributed by atoms with Gasteiger partial charge in [-0.25, -0.2) is 0 Å². The van der Waals surface area contributed by atoms with Gasteiger partial charge in [-0.05, 0) is 62.4 Å². The molecule has 0 aliphatic heterocycles. The monoisotopic (exact) mass is 434 g/mol. The lowest BCUT2D eigenvalue weighted by Gasteiger charge is -2.11. The molecule has 0 aliphatic carbocycles. The predicted octanol–water partition coefficient (Wildman–Crippen LogP) is 3.40. The van der Waals surface area contributed by atoms with Gasteiger partial charge in [-0.3, -0.25) is 14.4 Å². The van der Waals surface area contributed by atoms with Crippen LogP contribution in [0.3, 0.4) is 0 Å². The van der Waals surface area contributed by atoms with Crippen LogP contribution in [0.5, 0.6) is 0 Å². The lowest BCUT2D eigenvalue weighted by molar-refractivity contribution is -0.114. The summed E-state index contributed by atoms with van der Waals surface area (Å²) in [5.74, 6) is -0.0721. The first-order valence-electron chi connectivity index (χ1n) is 10.3. The van der Waals surface area contributed by atoms with Crippen LogP contribution in [-0.2, 0) is 11.3 Å². The van der Waals surface area contributed by atoms with E-state index < -0.39 is 0 Å². The molecule has 0 unspecified atom stereocenters. The molecule has 0 bridgehead atoms. The van der Waals surface area contributed by atoms with Crippen molar-refractivity contribution in [2.45, 2.75) is 26.4 Å². The molecule has 3 aromatic rings. The highest BCUT2D eigenvalue weighted by atomic mass is 16.3. The molecule has 8 nitrogen and oxygen atoms in total. The van der Waals surface area contributed by atoms with E-state index in [-0.39, 0.29) is 36.9 Å². The summed E-state index contributed by atoms with van der Waals surface area (Å²) in [4.78, 5) is 36.8. The smallest absolute Gasteiger partial charge is 0.251 e. The normalized spacial score (nSPS) is 10.5. The average molecular weight is 434 g/mol. The molecular weight excluding hydrogens is 408 g/mol. The minimum absolute atomic E-state index is 0.00414. The zero-order valence-electron chi connectivity index (χ0n) is 18.0. The number of anilines is 2. The van der Waals surface area contributed by atoms with Crippen molar-refractivity contribution >= 4 is 29.1 Å². The zero-order chi connectivity index (χ0) is 22.9. The van der Waals surface area contributed by atoms with Gasteiger partial charge in [-0.1, -0.05) is 12.1 Å². The fourth-order valence-corrected chi connectivity index (χ4v) is 2.92. The molecule has 4 N–H and O–H groups in total. The maximum Gasteiger partial charge on any atom is 0.251 e. The lowest BCUT2D eigenvalue weighted by Crippen LogP contribution is -2.30. The Morgan fingerprint density at radius 1 is 0.875 bits per heavy atom. The molecule has 2 aromatic carbocycles. The summed E-state index contributed by atoms with van der Waals surface area (Å²) in [7, 11) is 0. The molecule has 32 heavy (non-hydrogen) atoms. The number of carbonyl (C=O) groups excluding carboxylic acids is 3. The molecule has 3 rings (SSSR count). The Kier molecular flexibility index (Phi) is 7.64. The third-order valence-corrected chi connectivity index (χ3v) is 4.41. The largest absolute Gasteiger partial charge is 0.467 e. The molecule has 1 aromatic heterocycles. The number of rotatable bonds is 9. The Bertz CT molecular complexity index is 1080. The van der Waals surface area contributed by atoms with E-state index in [2.05, 4.69) is 21.3 Å². The molecule has 166 valence electrons. The van der Waals surface area contributed by atoms with Gasteiger partial charge in [-0.15, -0.1) is 0 Å². The third kappa shape index (κ3) is 6.73. The van der Waals surface area contributed by atoms with E-state index in [1.54, 1.807) is 66.9 Å². The van der Waals surface area contributed by atoms with E-state index in [0.717, 1.165) is 0 Å². The van der Waals surface area contributed by atoms with Crippen molar-refractivity contribution in [3.63, 3.8) is 0 Å². The first kappa shape index (κ1) is 22.6. The number of hydrogen-bond acceptors (Lipinski definition) is 5. The molecule has 0 saturated carbocycles. The summed E-state index contributed by atoms with van der Waals surface area (Å²) >= 11 is 0. The van der Waals surface area contributed by atoms with Crippen LogP contribution in [0.25, 0.3) is 0 Å².